The van der Waals surface area contributed by atoms with Gasteiger partial charge in [-0.3, -0.25) is 4.79 Å². The molecule has 0 spiro atoms. The van der Waals surface area contributed by atoms with Gasteiger partial charge < -0.3 is 21.1 Å². The van der Waals surface area contributed by atoms with E-state index in [1.807, 2.05) is 6.07 Å². The molecule has 6 nitrogen and oxygen atoms in total. The van der Waals surface area contributed by atoms with Gasteiger partial charge in [0.15, 0.2) is 0 Å². The molecule has 1 saturated carbocycles. The van der Waals surface area contributed by atoms with Crippen molar-refractivity contribution in [3.63, 3.8) is 0 Å². The lowest BCUT2D eigenvalue weighted by molar-refractivity contribution is 0.0763. The van der Waals surface area contributed by atoms with Gasteiger partial charge in [0.25, 0.3) is 5.91 Å². The lowest BCUT2D eigenvalue weighted by Gasteiger charge is -2.28. The number of anilines is 1. The number of aromatic amines is 1. The number of amides is 1. The quantitative estimate of drug-likeness (QED) is 0.686. The van der Waals surface area contributed by atoms with E-state index in [-0.39, 0.29) is 12.0 Å². The number of nitrogens with two attached hydrogens (primary N) is 1. The van der Waals surface area contributed by atoms with Crippen molar-refractivity contribution in [1.82, 2.24) is 9.97 Å². The van der Waals surface area contributed by atoms with Crippen LogP contribution >= 0.6 is 0 Å². The predicted octanol–water partition coefficient (Wildman–Crippen LogP) is 1.62. The summed E-state index contributed by atoms with van der Waals surface area (Å²) in [5.74, 6) is -0.293. The number of hydrogen-bond donors (Lipinski definition) is 4. The third kappa shape index (κ3) is 2.71. The maximum absolute atomic E-state index is 11.6. The predicted molar refractivity (Wildman–Crippen MR) is 81.1 cm³/mol. The molecule has 2 atom stereocenters. The SMILES string of the molecule is NC(=O)c1cnc2[nH]ccc2c1NC[C@H]1CCCC[C@H]1O. The molecule has 0 saturated heterocycles. The number of H-pyrrole nitrogens is 1. The van der Waals surface area contributed by atoms with E-state index in [1.54, 1.807) is 6.20 Å². The van der Waals surface area contributed by atoms with Gasteiger partial charge in [0.1, 0.15) is 5.65 Å². The van der Waals surface area contributed by atoms with Crippen LogP contribution < -0.4 is 11.1 Å². The van der Waals surface area contributed by atoms with Crippen molar-refractivity contribution < 1.29 is 9.90 Å². The molecule has 5 N–H and O–H groups in total. The Labute approximate surface area is 122 Å². The summed E-state index contributed by atoms with van der Waals surface area (Å²) in [6.45, 7) is 0.631. The van der Waals surface area contributed by atoms with E-state index in [2.05, 4.69) is 15.3 Å². The fraction of sp³-hybridized carbons (Fsp3) is 0.467. The van der Waals surface area contributed by atoms with Crippen molar-refractivity contribution in [2.45, 2.75) is 31.8 Å². The molecule has 0 bridgehead atoms. The summed E-state index contributed by atoms with van der Waals surface area (Å²) in [5, 5.41) is 14.2. The molecule has 2 aromatic rings. The van der Waals surface area contributed by atoms with Crippen LogP contribution in [0.25, 0.3) is 11.0 Å². The van der Waals surface area contributed by atoms with Gasteiger partial charge in [-0.05, 0) is 18.9 Å². The van der Waals surface area contributed by atoms with Crippen LogP contribution in [-0.4, -0.2) is 33.6 Å². The molecule has 0 unspecified atom stereocenters. The van der Waals surface area contributed by atoms with E-state index in [4.69, 9.17) is 5.73 Å². The summed E-state index contributed by atoms with van der Waals surface area (Å²) in [6.07, 6.45) is 7.08. The Kier molecular flexibility index (Phi) is 3.79. The number of primary amides is 1. The first kappa shape index (κ1) is 13.9. The number of nitrogens with zero attached hydrogens (tertiary/aromatic N) is 1. The van der Waals surface area contributed by atoms with Crippen LogP contribution in [0.4, 0.5) is 5.69 Å². The van der Waals surface area contributed by atoms with Crippen LogP contribution in [0.2, 0.25) is 0 Å². The van der Waals surface area contributed by atoms with Gasteiger partial charge in [-0.1, -0.05) is 12.8 Å². The molecule has 0 aliphatic heterocycles. The lowest BCUT2D eigenvalue weighted by atomic mass is 9.86. The molecule has 0 radical (unpaired) electrons. The van der Waals surface area contributed by atoms with Gasteiger partial charge in [-0.15, -0.1) is 0 Å². The number of aliphatic hydroxyl groups is 1. The first-order chi connectivity index (χ1) is 10.2. The average Bonchev–Trinajstić information content (AvgIpc) is 2.94. The van der Waals surface area contributed by atoms with E-state index in [0.717, 1.165) is 31.1 Å². The maximum Gasteiger partial charge on any atom is 0.252 e. The van der Waals surface area contributed by atoms with Gasteiger partial charge in [-0.2, -0.15) is 0 Å². The van der Waals surface area contributed by atoms with Crippen molar-refractivity contribution in [2.75, 3.05) is 11.9 Å². The van der Waals surface area contributed by atoms with Gasteiger partial charge in [0, 0.05) is 30.2 Å². The second-order valence-electron chi connectivity index (χ2n) is 5.64. The van der Waals surface area contributed by atoms with Gasteiger partial charge in [0.05, 0.1) is 17.4 Å². The number of hydrogen-bond acceptors (Lipinski definition) is 4. The summed E-state index contributed by atoms with van der Waals surface area (Å²) in [6, 6.07) is 1.87. The number of aromatic nitrogens is 2. The smallest absolute Gasteiger partial charge is 0.252 e. The maximum atomic E-state index is 11.6. The molecule has 2 heterocycles. The Morgan fingerprint density at radius 1 is 1.48 bits per heavy atom. The standard InChI is InChI=1S/C15H20N4O2/c16-14(21)11-8-19-15-10(5-6-17-15)13(11)18-7-9-3-1-2-4-12(9)20/h5-6,8-9,12,20H,1-4,7H2,(H2,16,21)(H2,17,18,19)/t9-,12-/m1/s1. The van der Waals surface area contributed by atoms with Crippen LogP contribution in [0.3, 0.4) is 0 Å². The summed E-state index contributed by atoms with van der Waals surface area (Å²) in [4.78, 5) is 18.8. The number of carbonyl (C=O) groups excluding carboxylic acids is 1. The molecular formula is C15H20N4O2. The zero-order chi connectivity index (χ0) is 14.8. The lowest BCUT2D eigenvalue weighted by Crippen LogP contribution is -2.30. The molecule has 21 heavy (non-hydrogen) atoms. The van der Waals surface area contributed by atoms with E-state index in [0.29, 0.717) is 23.4 Å². The first-order valence-corrected chi connectivity index (χ1v) is 7.34. The third-order valence-electron chi connectivity index (χ3n) is 4.26. The molecule has 2 aromatic heterocycles. The van der Waals surface area contributed by atoms with E-state index >= 15 is 0 Å². The Balaban J connectivity index is 1.86. The van der Waals surface area contributed by atoms with Crippen molar-refractivity contribution >= 4 is 22.6 Å². The Hall–Kier alpha value is -2.08. The number of aliphatic hydroxyl groups excluding tert-OH is 1. The van der Waals surface area contributed by atoms with Crippen LogP contribution in [0.15, 0.2) is 18.5 Å². The largest absolute Gasteiger partial charge is 0.393 e. The first-order valence-electron chi connectivity index (χ1n) is 7.34. The van der Waals surface area contributed by atoms with Crippen molar-refractivity contribution in [3.8, 4) is 0 Å². The van der Waals surface area contributed by atoms with E-state index in [1.165, 1.54) is 6.20 Å². The summed E-state index contributed by atoms with van der Waals surface area (Å²) >= 11 is 0. The number of rotatable bonds is 4. The summed E-state index contributed by atoms with van der Waals surface area (Å²) in [7, 11) is 0. The number of nitrogens with one attached hydrogen (secondary N) is 2. The van der Waals surface area contributed by atoms with Crippen molar-refractivity contribution in [1.29, 1.82) is 0 Å². The minimum absolute atomic E-state index is 0.210. The van der Waals surface area contributed by atoms with Crippen LogP contribution in [-0.2, 0) is 0 Å². The highest BCUT2D eigenvalue weighted by molar-refractivity contribution is 6.05. The minimum atomic E-state index is -0.503. The van der Waals surface area contributed by atoms with Crippen LogP contribution in [0.1, 0.15) is 36.0 Å². The molecule has 112 valence electrons. The molecule has 1 aliphatic rings. The topological polar surface area (TPSA) is 104 Å². The Morgan fingerprint density at radius 2 is 2.29 bits per heavy atom. The Bertz CT molecular complexity index is 652. The van der Waals surface area contributed by atoms with E-state index < -0.39 is 5.91 Å². The fourth-order valence-electron chi connectivity index (χ4n) is 3.04. The summed E-state index contributed by atoms with van der Waals surface area (Å²) in [5.41, 5.74) is 7.23. The molecule has 1 amide bonds. The second-order valence-corrected chi connectivity index (χ2v) is 5.64. The van der Waals surface area contributed by atoms with E-state index in [9.17, 15) is 9.90 Å². The fourth-order valence-corrected chi connectivity index (χ4v) is 3.04. The molecule has 3 rings (SSSR count). The summed E-state index contributed by atoms with van der Waals surface area (Å²) < 4.78 is 0. The molecule has 1 fully saturated rings. The van der Waals surface area contributed by atoms with Gasteiger partial charge >= 0.3 is 0 Å². The van der Waals surface area contributed by atoms with Crippen LogP contribution in [0, 0.1) is 5.92 Å². The normalized spacial score (nSPS) is 22.3. The van der Waals surface area contributed by atoms with Gasteiger partial charge in [0.2, 0.25) is 0 Å². The van der Waals surface area contributed by atoms with Gasteiger partial charge in [-0.25, -0.2) is 4.98 Å². The minimum Gasteiger partial charge on any atom is -0.393 e. The number of fused-ring (bicyclic) bond motifs is 1. The highest BCUT2D eigenvalue weighted by atomic mass is 16.3. The van der Waals surface area contributed by atoms with Crippen molar-refractivity contribution in [3.05, 3.63) is 24.0 Å². The number of pyridine rings is 1. The molecule has 0 aromatic carbocycles. The highest BCUT2D eigenvalue weighted by Gasteiger charge is 2.23. The zero-order valence-corrected chi connectivity index (χ0v) is 11.8. The second kappa shape index (κ2) is 5.73. The zero-order valence-electron chi connectivity index (χ0n) is 11.8. The molecular weight excluding hydrogens is 268 g/mol. The highest BCUT2D eigenvalue weighted by Crippen LogP contribution is 2.28. The molecule has 6 heteroatoms. The average molecular weight is 288 g/mol. The molecule has 1 aliphatic carbocycles. The van der Waals surface area contributed by atoms with Crippen molar-refractivity contribution in [2.24, 2.45) is 11.7 Å². The monoisotopic (exact) mass is 288 g/mol. The Morgan fingerprint density at radius 3 is 3.05 bits per heavy atom. The third-order valence-corrected chi connectivity index (χ3v) is 4.26. The van der Waals surface area contributed by atoms with Crippen LogP contribution in [0.5, 0.6) is 0 Å². The number of carbonyl (C=O) groups is 1.